The fraction of sp³-hybridized carbons (Fsp3) is 0.438. The van der Waals surface area contributed by atoms with E-state index in [1.165, 1.54) is 47.9 Å². The molecule has 0 unspecified atom stereocenters. The molecule has 0 aromatic heterocycles. The SMILES string of the molecule is CCC[C@H]1Cc2ccc(OCc3ccccc3)cc2[C@@](C)(CCC)[C@H]1N(C)Cc1ccccc1. The molecule has 0 aliphatic heterocycles. The number of likely N-dealkylation sites (N-methyl/N-ethyl adjacent to an activating group) is 1. The quantitative estimate of drug-likeness (QED) is 0.309. The highest BCUT2D eigenvalue weighted by atomic mass is 16.5. The minimum atomic E-state index is 0.0951. The lowest BCUT2D eigenvalue weighted by Gasteiger charge is -2.51. The molecule has 0 heterocycles. The van der Waals surface area contributed by atoms with Crippen LogP contribution in [-0.2, 0) is 25.0 Å². The molecule has 2 nitrogen and oxygen atoms in total. The Labute approximate surface area is 207 Å². The first-order valence-corrected chi connectivity index (χ1v) is 13.1. The van der Waals surface area contributed by atoms with Crippen LogP contribution in [0.15, 0.2) is 78.9 Å². The van der Waals surface area contributed by atoms with E-state index in [0.29, 0.717) is 18.6 Å². The van der Waals surface area contributed by atoms with Crippen LogP contribution in [0.5, 0.6) is 5.75 Å². The van der Waals surface area contributed by atoms with Gasteiger partial charge < -0.3 is 4.74 Å². The summed E-state index contributed by atoms with van der Waals surface area (Å²) in [4.78, 5) is 2.64. The first kappa shape index (κ1) is 24.5. The summed E-state index contributed by atoms with van der Waals surface area (Å²) in [7, 11) is 2.34. The molecule has 0 radical (unpaired) electrons. The molecule has 0 saturated carbocycles. The summed E-state index contributed by atoms with van der Waals surface area (Å²) in [5.74, 6) is 1.65. The highest BCUT2D eigenvalue weighted by Gasteiger charge is 2.46. The number of hydrogen-bond acceptors (Lipinski definition) is 2. The number of nitrogens with zero attached hydrogens (tertiary/aromatic N) is 1. The highest BCUT2D eigenvalue weighted by molar-refractivity contribution is 5.44. The Kier molecular flexibility index (Phi) is 8.11. The highest BCUT2D eigenvalue weighted by Crippen LogP contribution is 2.47. The van der Waals surface area contributed by atoms with Gasteiger partial charge in [0.2, 0.25) is 0 Å². The van der Waals surface area contributed by atoms with Crippen LogP contribution in [-0.4, -0.2) is 18.0 Å². The van der Waals surface area contributed by atoms with Crippen molar-refractivity contribution in [3.05, 3.63) is 101 Å². The molecule has 1 aliphatic carbocycles. The summed E-state index contributed by atoms with van der Waals surface area (Å²) in [6, 6.07) is 28.8. The molecule has 4 rings (SSSR count). The topological polar surface area (TPSA) is 12.5 Å². The number of rotatable bonds is 10. The molecule has 180 valence electrons. The fourth-order valence-corrected chi connectivity index (χ4v) is 6.42. The standard InChI is InChI=1S/C32H41NO/c1-5-13-28-21-27-18-19-29(34-24-26-16-11-8-12-17-26)22-30(27)32(3,20-6-2)31(28)33(4)23-25-14-9-7-10-15-25/h7-12,14-19,22,28,31H,5-6,13,20-21,23-24H2,1-4H3/t28-,31-,32+/m0/s1. The van der Waals surface area contributed by atoms with E-state index in [4.69, 9.17) is 4.74 Å². The van der Waals surface area contributed by atoms with E-state index in [9.17, 15) is 0 Å². The monoisotopic (exact) mass is 455 g/mol. The van der Waals surface area contributed by atoms with Gasteiger partial charge in [-0.2, -0.15) is 0 Å². The molecule has 3 aromatic carbocycles. The molecular formula is C32H41NO. The smallest absolute Gasteiger partial charge is 0.120 e. The Morgan fingerprint density at radius 1 is 0.882 bits per heavy atom. The molecule has 1 aliphatic rings. The van der Waals surface area contributed by atoms with Gasteiger partial charge in [0.05, 0.1) is 0 Å². The van der Waals surface area contributed by atoms with Crippen molar-refractivity contribution in [2.24, 2.45) is 5.92 Å². The molecular weight excluding hydrogens is 414 g/mol. The van der Waals surface area contributed by atoms with E-state index in [1.54, 1.807) is 0 Å². The Bertz CT molecular complexity index is 1030. The van der Waals surface area contributed by atoms with Gasteiger partial charge in [-0.05, 0) is 66.6 Å². The number of hydrogen-bond donors (Lipinski definition) is 0. The van der Waals surface area contributed by atoms with Crippen molar-refractivity contribution in [1.82, 2.24) is 4.90 Å². The lowest BCUT2D eigenvalue weighted by molar-refractivity contribution is 0.0682. The van der Waals surface area contributed by atoms with Crippen LogP contribution in [0.25, 0.3) is 0 Å². The van der Waals surface area contributed by atoms with Gasteiger partial charge in [-0.1, -0.05) is 100 Å². The Balaban J connectivity index is 1.66. The zero-order valence-electron chi connectivity index (χ0n) is 21.5. The van der Waals surface area contributed by atoms with Gasteiger partial charge in [-0.3, -0.25) is 4.90 Å². The van der Waals surface area contributed by atoms with E-state index in [-0.39, 0.29) is 5.41 Å². The Hall–Kier alpha value is -2.58. The van der Waals surface area contributed by atoms with Crippen molar-refractivity contribution in [3.63, 3.8) is 0 Å². The van der Waals surface area contributed by atoms with Gasteiger partial charge >= 0.3 is 0 Å². The Morgan fingerprint density at radius 3 is 2.21 bits per heavy atom. The maximum absolute atomic E-state index is 6.28. The van der Waals surface area contributed by atoms with E-state index in [1.807, 2.05) is 0 Å². The number of ether oxygens (including phenoxy) is 1. The van der Waals surface area contributed by atoms with Crippen molar-refractivity contribution in [2.45, 2.75) is 77.5 Å². The van der Waals surface area contributed by atoms with E-state index in [2.05, 4.69) is 112 Å². The van der Waals surface area contributed by atoms with Gasteiger partial charge in [0.15, 0.2) is 0 Å². The van der Waals surface area contributed by atoms with Gasteiger partial charge in [0, 0.05) is 18.0 Å². The van der Waals surface area contributed by atoms with Gasteiger partial charge in [0.25, 0.3) is 0 Å². The van der Waals surface area contributed by atoms with Crippen molar-refractivity contribution in [1.29, 1.82) is 0 Å². The average molecular weight is 456 g/mol. The minimum absolute atomic E-state index is 0.0951. The molecule has 0 amide bonds. The van der Waals surface area contributed by atoms with Crippen LogP contribution < -0.4 is 4.74 Å². The first-order chi connectivity index (χ1) is 16.5. The van der Waals surface area contributed by atoms with Crippen LogP contribution in [0.2, 0.25) is 0 Å². The first-order valence-electron chi connectivity index (χ1n) is 13.1. The third-order valence-corrected chi connectivity index (χ3v) is 7.70. The van der Waals surface area contributed by atoms with Crippen LogP contribution >= 0.6 is 0 Å². The zero-order valence-corrected chi connectivity index (χ0v) is 21.5. The number of fused-ring (bicyclic) bond motifs is 1. The molecule has 0 saturated heterocycles. The predicted molar refractivity (Wildman–Crippen MR) is 143 cm³/mol. The summed E-state index contributed by atoms with van der Waals surface area (Å²) in [5.41, 5.74) is 5.71. The van der Waals surface area contributed by atoms with Gasteiger partial charge in [0.1, 0.15) is 12.4 Å². The second-order valence-corrected chi connectivity index (χ2v) is 10.4. The maximum Gasteiger partial charge on any atom is 0.120 e. The third kappa shape index (κ3) is 5.39. The van der Waals surface area contributed by atoms with Gasteiger partial charge in [-0.25, -0.2) is 0 Å². The summed E-state index contributed by atoms with van der Waals surface area (Å²) >= 11 is 0. The molecule has 0 fully saturated rings. The summed E-state index contributed by atoms with van der Waals surface area (Å²) in [6.07, 6.45) is 6.03. The molecule has 3 aromatic rings. The number of benzene rings is 3. The van der Waals surface area contributed by atoms with Crippen LogP contribution in [0.1, 0.15) is 68.7 Å². The molecule has 0 bridgehead atoms. The molecule has 34 heavy (non-hydrogen) atoms. The van der Waals surface area contributed by atoms with Crippen molar-refractivity contribution in [2.75, 3.05) is 7.05 Å². The Morgan fingerprint density at radius 2 is 1.56 bits per heavy atom. The van der Waals surface area contributed by atoms with E-state index in [0.717, 1.165) is 18.7 Å². The lowest BCUT2D eigenvalue weighted by atomic mass is 9.60. The van der Waals surface area contributed by atoms with Crippen molar-refractivity contribution in [3.8, 4) is 5.75 Å². The third-order valence-electron chi connectivity index (χ3n) is 7.70. The molecule has 2 heteroatoms. The predicted octanol–water partition coefficient (Wildman–Crippen LogP) is 7.80. The fourth-order valence-electron chi connectivity index (χ4n) is 6.42. The van der Waals surface area contributed by atoms with Crippen LogP contribution in [0, 0.1) is 5.92 Å². The summed E-state index contributed by atoms with van der Waals surface area (Å²) < 4.78 is 6.28. The molecule has 0 spiro atoms. The van der Waals surface area contributed by atoms with Crippen LogP contribution in [0.4, 0.5) is 0 Å². The maximum atomic E-state index is 6.28. The van der Waals surface area contributed by atoms with Crippen molar-refractivity contribution < 1.29 is 4.74 Å². The second-order valence-electron chi connectivity index (χ2n) is 10.4. The molecule has 3 atom stereocenters. The normalized spacial score (nSPS) is 21.9. The second kappa shape index (κ2) is 11.2. The van der Waals surface area contributed by atoms with Crippen molar-refractivity contribution >= 4 is 0 Å². The van der Waals surface area contributed by atoms with Gasteiger partial charge in [-0.15, -0.1) is 0 Å². The summed E-state index contributed by atoms with van der Waals surface area (Å²) in [5, 5.41) is 0. The largest absolute Gasteiger partial charge is 0.489 e. The van der Waals surface area contributed by atoms with E-state index < -0.39 is 0 Å². The summed E-state index contributed by atoms with van der Waals surface area (Å²) in [6.45, 7) is 8.79. The molecule has 0 N–H and O–H groups in total. The minimum Gasteiger partial charge on any atom is -0.489 e. The van der Waals surface area contributed by atoms with Crippen LogP contribution in [0.3, 0.4) is 0 Å². The lowest BCUT2D eigenvalue weighted by Crippen LogP contribution is -2.55. The zero-order chi connectivity index (χ0) is 24.0. The van der Waals surface area contributed by atoms with E-state index >= 15 is 0 Å². The average Bonchev–Trinajstić information content (AvgIpc) is 2.84.